The number of nitrogens with zero attached hydrogens (tertiary/aromatic N) is 3. The third-order valence-corrected chi connectivity index (χ3v) is 12.6. The van der Waals surface area contributed by atoms with Crippen LogP contribution in [0, 0.1) is 0 Å². The van der Waals surface area contributed by atoms with Crippen molar-refractivity contribution in [1.82, 2.24) is 0 Å². The minimum absolute atomic E-state index is 1.09. The molecule has 0 bridgehead atoms. The molecule has 0 fully saturated rings. The minimum Gasteiger partial charge on any atom is -0.311 e. The minimum atomic E-state index is 1.09. The maximum absolute atomic E-state index is 2.34. The average molecular weight is 884 g/mol. The summed E-state index contributed by atoms with van der Waals surface area (Å²) in [7, 11) is 0. The van der Waals surface area contributed by atoms with Crippen molar-refractivity contribution in [3.8, 4) is 44.5 Å². The summed E-state index contributed by atoms with van der Waals surface area (Å²) in [6.07, 6.45) is 0. The number of hydrogen-bond acceptors (Lipinski definition) is 3. The molecule has 0 aliphatic carbocycles. The van der Waals surface area contributed by atoms with E-state index in [4.69, 9.17) is 0 Å². The van der Waals surface area contributed by atoms with Crippen LogP contribution in [0.1, 0.15) is 0 Å². The summed E-state index contributed by atoms with van der Waals surface area (Å²) in [5.41, 5.74) is 19.4. The first kappa shape index (κ1) is 42.5. The Bertz CT molecular complexity index is 3300. The molecule has 0 radical (unpaired) electrons. The van der Waals surface area contributed by atoms with E-state index in [2.05, 4.69) is 312 Å². The van der Waals surface area contributed by atoms with E-state index in [1.807, 2.05) is 0 Å². The van der Waals surface area contributed by atoms with Crippen molar-refractivity contribution < 1.29 is 0 Å². The third kappa shape index (κ3) is 9.31. The highest BCUT2D eigenvalue weighted by Crippen LogP contribution is 2.40. The standard InChI is InChI=1S/C66H49N3/c1-6-20-58(21-7-1)67(59-22-8-2-9-23-59)63-44-40-52(41-45-63)50-32-34-51(35-33-50)53-42-46-64(47-43-53)69(62-28-14-5-15-29-62)66-31-17-19-57(49-66)55-38-36-54(37-39-55)56-18-16-30-65(48-56)68(60-24-10-3-11-25-60)61-26-12-4-13-27-61/h1-49H. The monoisotopic (exact) mass is 883 g/mol. The number of para-hydroxylation sites is 5. The molecule has 11 aromatic rings. The van der Waals surface area contributed by atoms with Crippen molar-refractivity contribution in [3.05, 3.63) is 297 Å². The van der Waals surface area contributed by atoms with E-state index in [0.29, 0.717) is 0 Å². The van der Waals surface area contributed by atoms with E-state index < -0.39 is 0 Å². The number of anilines is 9. The Morgan fingerprint density at radius 1 is 0.130 bits per heavy atom. The lowest BCUT2D eigenvalue weighted by Gasteiger charge is -2.26. The van der Waals surface area contributed by atoms with Crippen LogP contribution in [0.2, 0.25) is 0 Å². The molecule has 11 rings (SSSR count). The second kappa shape index (κ2) is 19.7. The van der Waals surface area contributed by atoms with E-state index in [1.54, 1.807) is 0 Å². The lowest BCUT2D eigenvalue weighted by molar-refractivity contribution is 1.28. The summed E-state index contributed by atoms with van der Waals surface area (Å²) < 4.78 is 0. The van der Waals surface area contributed by atoms with Crippen LogP contribution in [0.25, 0.3) is 44.5 Å². The molecule has 3 nitrogen and oxygen atoms in total. The van der Waals surface area contributed by atoms with Gasteiger partial charge in [-0.15, -0.1) is 0 Å². The van der Waals surface area contributed by atoms with E-state index in [0.717, 1.165) is 62.3 Å². The molecular weight excluding hydrogens is 835 g/mol. The summed E-state index contributed by atoms with van der Waals surface area (Å²) >= 11 is 0. The van der Waals surface area contributed by atoms with Crippen LogP contribution in [-0.2, 0) is 0 Å². The highest BCUT2D eigenvalue weighted by atomic mass is 15.2. The molecule has 0 saturated carbocycles. The van der Waals surface area contributed by atoms with Crippen molar-refractivity contribution in [2.75, 3.05) is 14.7 Å². The normalized spacial score (nSPS) is 10.9. The Morgan fingerprint density at radius 3 is 0.580 bits per heavy atom. The molecule has 11 aromatic carbocycles. The van der Waals surface area contributed by atoms with E-state index >= 15 is 0 Å². The van der Waals surface area contributed by atoms with Gasteiger partial charge in [-0.2, -0.15) is 0 Å². The predicted octanol–water partition coefficient (Wildman–Crippen LogP) is 18.8. The van der Waals surface area contributed by atoms with Crippen molar-refractivity contribution in [3.63, 3.8) is 0 Å². The smallest absolute Gasteiger partial charge is 0.0467 e. The molecule has 0 unspecified atom stereocenters. The lowest BCUT2D eigenvalue weighted by atomic mass is 9.99. The van der Waals surface area contributed by atoms with E-state index in [1.165, 1.54) is 33.4 Å². The largest absolute Gasteiger partial charge is 0.311 e. The van der Waals surface area contributed by atoms with Gasteiger partial charge in [0.25, 0.3) is 0 Å². The van der Waals surface area contributed by atoms with Gasteiger partial charge in [0.15, 0.2) is 0 Å². The number of benzene rings is 11. The highest BCUT2D eigenvalue weighted by molar-refractivity contribution is 5.84. The molecule has 0 atom stereocenters. The average Bonchev–Trinajstić information content (AvgIpc) is 3.43. The van der Waals surface area contributed by atoms with E-state index in [-0.39, 0.29) is 0 Å². The fourth-order valence-corrected chi connectivity index (χ4v) is 9.19. The van der Waals surface area contributed by atoms with Crippen LogP contribution in [0.15, 0.2) is 297 Å². The Balaban J connectivity index is 0.826. The maximum atomic E-state index is 2.34. The number of hydrogen-bond donors (Lipinski definition) is 0. The molecule has 0 heterocycles. The van der Waals surface area contributed by atoms with Gasteiger partial charge in [-0.1, -0.05) is 188 Å². The Labute approximate surface area is 405 Å². The molecule has 0 spiro atoms. The summed E-state index contributed by atoms with van der Waals surface area (Å²) in [5.74, 6) is 0. The predicted molar refractivity (Wildman–Crippen MR) is 292 cm³/mol. The third-order valence-electron chi connectivity index (χ3n) is 12.6. The van der Waals surface area contributed by atoms with Gasteiger partial charge >= 0.3 is 0 Å². The molecule has 0 aliphatic rings. The van der Waals surface area contributed by atoms with Gasteiger partial charge in [0.1, 0.15) is 0 Å². The molecule has 0 N–H and O–H groups in total. The molecule has 328 valence electrons. The van der Waals surface area contributed by atoms with Gasteiger partial charge in [-0.05, 0) is 154 Å². The topological polar surface area (TPSA) is 9.72 Å². The van der Waals surface area contributed by atoms with Crippen molar-refractivity contribution in [2.45, 2.75) is 0 Å². The summed E-state index contributed by atoms with van der Waals surface area (Å²) in [6.45, 7) is 0. The first-order valence-electron chi connectivity index (χ1n) is 23.5. The van der Waals surface area contributed by atoms with Crippen LogP contribution in [-0.4, -0.2) is 0 Å². The van der Waals surface area contributed by atoms with Gasteiger partial charge in [0, 0.05) is 51.2 Å². The second-order valence-corrected chi connectivity index (χ2v) is 17.0. The van der Waals surface area contributed by atoms with Gasteiger partial charge in [-0.3, -0.25) is 0 Å². The molecule has 0 saturated heterocycles. The molecule has 3 heteroatoms. The summed E-state index contributed by atoms with van der Waals surface area (Å²) in [4.78, 5) is 6.93. The maximum Gasteiger partial charge on any atom is 0.0467 e. The van der Waals surface area contributed by atoms with Crippen LogP contribution in [0.5, 0.6) is 0 Å². The van der Waals surface area contributed by atoms with Gasteiger partial charge < -0.3 is 14.7 Å². The van der Waals surface area contributed by atoms with Crippen LogP contribution >= 0.6 is 0 Å². The molecule has 0 amide bonds. The zero-order valence-corrected chi connectivity index (χ0v) is 38.1. The van der Waals surface area contributed by atoms with Crippen LogP contribution in [0.4, 0.5) is 51.2 Å². The first-order chi connectivity index (χ1) is 34.2. The van der Waals surface area contributed by atoms with Gasteiger partial charge in [0.2, 0.25) is 0 Å². The Hall–Kier alpha value is -9.18. The summed E-state index contributed by atoms with van der Waals surface area (Å²) in [5, 5.41) is 0. The molecule has 0 aromatic heterocycles. The van der Waals surface area contributed by atoms with Crippen molar-refractivity contribution >= 4 is 51.2 Å². The van der Waals surface area contributed by atoms with Crippen LogP contribution < -0.4 is 14.7 Å². The SMILES string of the molecule is c1ccc(N(c2ccccc2)c2ccc(-c3ccc(-c4ccc(N(c5ccccc5)c5cccc(-c6ccc(-c7cccc(N(c8ccccc8)c8ccccc8)c7)cc6)c5)cc4)cc3)cc2)cc1. The van der Waals surface area contributed by atoms with Crippen LogP contribution in [0.3, 0.4) is 0 Å². The Kier molecular flexibility index (Phi) is 12.1. The highest BCUT2D eigenvalue weighted by Gasteiger charge is 2.16. The summed E-state index contributed by atoms with van der Waals surface area (Å²) in [6, 6.07) is 106. The zero-order chi connectivity index (χ0) is 46.2. The lowest BCUT2D eigenvalue weighted by Crippen LogP contribution is -2.09. The fraction of sp³-hybridized carbons (Fsp3) is 0. The van der Waals surface area contributed by atoms with Crippen molar-refractivity contribution in [2.24, 2.45) is 0 Å². The van der Waals surface area contributed by atoms with Gasteiger partial charge in [0.05, 0.1) is 0 Å². The molecular formula is C66H49N3. The molecule has 0 aliphatic heterocycles. The zero-order valence-electron chi connectivity index (χ0n) is 38.1. The van der Waals surface area contributed by atoms with Crippen molar-refractivity contribution in [1.29, 1.82) is 0 Å². The van der Waals surface area contributed by atoms with Gasteiger partial charge in [-0.25, -0.2) is 0 Å². The molecule has 69 heavy (non-hydrogen) atoms. The quantitative estimate of drug-likeness (QED) is 0.114. The van der Waals surface area contributed by atoms with E-state index in [9.17, 15) is 0 Å². The fourth-order valence-electron chi connectivity index (χ4n) is 9.19. The first-order valence-corrected chi connectivity index (χ1v) is 23.5. The Morgan fingerprint density at radius 2 is 0.319 bits per heavy atom. The second-order valence-electron chi connectivity index (χ2n) is 17.0. The number of rotatable bonds is 13.